The normalized spacial score (nSPS) is 22.3. The summed E-state index contributed by atoms with van der Waals surface area (Å²) in [6.07, 6.45) is 1.72. The number of anilines is 1. The van der Waals surface area contributed by atoms with Gasteiger partial charge in [0.2, 0.25) is 5.91 Å². The van der Waals surface area contributed by atoms with Gasteiger partial charge in [0, 0.05) is 11.0 Å². The molecule has 0 aliphatic carbocycles. The van der Waals surface area contributed by atoms with Crippen LogP contribution in [0, 0.1) is 5.41 Å². The van der Waals surface area contributed by atoms with Crippen molar-refractivity contribution in [1.29, 1.82) is 0 Å². The van der Waals surface area contributed by atoms with Crippen LogP contribution in [0.15, 0.2) is 22.7 Å². The van der Waals surface area contributed by atoms with E-state index < -0.39 is 0 Å². The Balaban J connectivity index is 2.20. The van der Waals surface area contributed by atoms with Gasteiger partial charge in [-0.05, 0) is 37.6 Å². The minimum Gasteiger partial charge on any atom is -0.495 e. The minimum absolute atomic E-state index is 0.0661. The average Bonchev–Trinajstić information content (AvgIpc) is 2.89. The van der Waals surface area contributed by atoms with Crippen LogP contribution in [0.2, 0.25) is 0 Å². The molecule has 1 fully saturated rings. The number of halogens is 1. The highest BCUT2D eigenvalue weighted by molar-refractivity contribution is 9.10. The molecule has 1 heterocycles. The highest BCUT2D eigenvalue weighted by Gasteiger charge is 2.39. The van der Waals surface area contributed by atoms with E-state index in [1.54, 1.807) is 7.11 Å². The first-order chi connectivity index (χ1) is 9.11. The van der Waals surface area contributed by atoms with Crippen LogP contribution in [0.1, 0.15) is 19.8 Å². The monoisotopic (exact) mass is 326 g/mol. The molecule has 1 aliphatic rings. The summed E-state index contributed by atoms with van der Waals surface area (Å²) in [5.41, 5.74) is 0.412. The number of amides is 1. The molecule has 0 spiro atoms. The van der Waals surface area contributed by atoms with Gasteiger partial charge in [0.05, 0.1) is 18.2 Å². The van der Waals surface area contributed by atoms with Crippen molar-refractivity contribution >= 4 is 27.5 Å². The van der Waals surface area contributed by atoms with Crippen LogP contribution < -0.4 is 15.4 Å². The molecule has 1 aromatic carbocycles. The maximum atomic E-state index is 12.5. The Labute approximate surface area is 122 Å². The number of benzene rings is 1. The summed E-state index contributed by atoms with van der Waals surface area (Å²) < 4.78 is 6.19. The standard InChI is InChI=1S/C14H19BrN2O2/c1-3-14(6-7-16-9-14)13(18)17-11-8-10(15)4-5-12(11)19-2/h4-5,8,16H,3,6-7,9H2,1-2H3,(H,17,18). The Morgan fingerprint density at radius 1 is 1.58 bits per heavy atom. The number of methoxy groups -OCH3 is 1. The number of carbonyl (C=O) groups excluding carboxylic acids is 1. The first-order valence-corrected chi connectivity index (χ1v) is 7.26. The van der Waals surface area contributed by atoms with E-state index >= 15 is 0 Å². The van der Waals surface area contributed by atoms with Gasteiger partial charge in [-0.15, -0.1) is 0 Å². The molecule has 1 aliphatic heterocycles. The molecule has 0 radical (unpaired) electrons. The molecular formula is C14H19BrN2O2. The van der Waals surface area contributed by atoms with Gasteiger partial charge in [0.1, 0.15) is 5.75 Å². The summed E-state index contributed by atoms with van der Waals surface area (Å²) in [6.45, 7) is 3.70. The summed E-state index contributed by atoms with van der Waals surface area (Å²) in [4.78, 5) is 12.5. The molecule has 1 amide bonds. The number of rotatable bonds is 4. The smallest absolute Gasteiger partial charge is 0.232 e. The van der Waals surface area contributed by atoms with Crippen molar-refractivity contribution in [2.24, 2.45) is 5.41 Å². The molecule has 1 unspecified atom stereocenters. The molecule has 0 aromatic heterocycles. The predicted octanol–water partition coefficient (Wildman–Crippen LogP) is 2.79. The van der Waals surface area contributed by atoms with Crippen LogP contribution in [0.25, 0.3) is 0 Å². The number of ether oxygens (including phenoxy) is 1. The fourth-order valence-corrected chi connectivity index (χ4v) is 2.79. The van der Waals surface area contributed by atoms with Crippen LogP contribution >= 0.6 is 15.9 Å². The minimum atomic E-state index is -0.298. The second-order valence-corrected chi connectivity index (χ2v) is 5.78. The van der Waals surface area contributed by atoms with Gasteiger partial charge < -0.3 is 15.4 Å². The summed E-state index contributed by atoms with van der Waals surface area (Å²) in [5.74, 6) is 0.741. The molecule has 104 valence electrons. The molecule has 5 heteroatoms. The number of nitrogens with one attached hydrogen (secondary N) is 2. The van der Waals surface area contributed by atoms with Gasteiger partial charge in [0.25, 0.3) is 0 Å². The lowest BCUT2D eigenvalue weighted by atomic mass is 9.83. The number of hydrogen-bond donors (Lipinski definition) is 2. The van der Waals surface area contributed by atoms with Crippen LogP contribution in [0.4, 0.5) is 5.69 Å². The third-order valence-electron chi connectivity index (χ3n) is 3.81. The van der Waals surface area contributed by atoms with Crippen molar-refractivity contribution in [3.8, 4) is 5.75 Å². The Morgan fingerprint density at radius 3 is 2.95 bits per heavy atom. The van der Waals surface area contributed by atoms with E-state index in [1.165, 1.54) is 0 Å². The Bertz CT molecular complexity index is 471. The molecular weight excluding hydrogens is 308 g/mol. The highest BCUT2D eigenvalue weighted by Crippen LogP contribution is 2.34. The molecule has 4 nitrogen and oxygen atoms in total. The quantitative estimate of drug-likeness (QED) is 0.894. The van der Waals surface area contributed by atoms with E-state index in [-0.39, 0.29) is 11.3 Å². The zero-order valence-electron chi connectivity index (χ0n) is 11.3. The second-order valence-electron chi connectivity index (χ2n) is 4.86. The van der Waals surface area contributed by atoms with E-state index in [0.29, 0.717) is 11.4 Å². The summed E-state index contributed by atoms with van der Waals surface area (Å²) in [7, 11) is 1.60. The molecule has 1 saturated heterocycles. The van der Waals surface area contributed by atoms with Crippen molar-refractivity contribution in [3.63, 3.8) is 0 Å². The summed E-state index contributed by atoms with van der Waals surface area (Å²) in [6, 6.07) is 5.59. The lowest BCUT2D eigenvalue weighted by molar-refractivity contribution is -0.124. The second kappa shape index (κ2) is 5.92. The van der Waals surface area contributed by atoms with E-state index in [1.807, 2.05) is 18.2 Å². The van der Waals surface area contributed by atoms with Crippen molar-refractivity contribution < 1.29 is 9.53 Å². The van der Waals surface area contributed by atoms with Crippen LogP contribution in [0.3, 0.4) is 0 Å². The third kappa shape index (κ3) is 2.92. The summed E-state index contributed by atoms with van der Waals surface area (Å²) in [5, 5.41) is 6.27. The van der Waals surface area contributed by atoms with Gasteiger partial charge in [-0.1, -0.05) is 22.9 Å². The van der Waals surface area contributed by atoms with Crippen LogP contribution in [-0.2, 0) is 4.79 Å². The van der Waals surface area contributed by atoms with E-state index in [0.717, 1.165) is 30.4 Å². The van der Waals surface area contributed by atoms with E-state index in [4.69, 9.17) is 4.74 Å². The maximum Gasteiger partial charge on any atom is 0.232 e. The first kappa shape index (κ1) is 14.3. The van der Waals surface area contributed by atoms with Crippen molar-refractivity contribution in [3.05, 3.63) is 22.7 Å². The Kier molecular flexibility index (Phi) is 4.47. The fourth-order valence-electron chi connectivity index (χ4n) is 2.43. The topological polar surface area (TPSA) is 50.4 Å². The van der Waals surface area contributed by atoms with Gasteiger partial charge in [-0.25, -0.2) is 0 Å². The molecule has 0 bridgehead atoms. The van der Waals surface area contributed by atoms with Crippen molar-refractivity contribution in [2.45, 2.75) is 19.8 Å². The van der Waals surface area contributed by atoms with Gasteiger partial charge in [-0.2, -0.15) is 0 Å². The highest BCUT2D eigenvalue weighted by atomic mass is 79.9. The van der Waals surface area contributed by atoms with Gasteiger partial charge in [-0.3, -0.25) is 4.79 Å². The number of hydrogen-bond acceptors (Lipinski definition) is 3. The lowest BCUT2D eigenvalue weighted by Crippen LogP contribution is -2.37. The van der Waals surface area contributed by atoms with Crippen LogP contribution in [-0.4, -0.2) is 26.1 Å². The molecule has 19 heavy (non-hydrogen) atoms. The zero-order chi connectivity index (χ0) is 13.9. The van der Waals surface area contributed by atoms with Crippen molar-refractivity contribution in [2.75, 3.05) is 25.5 Å². The van der Waals surface area contributed by atoms with Gasteiger partial charge in [0.15, 0.2) is 0 Å². The van der Waals surface area contributed by atoms with Crippen LogP contribution in [0.5, 0.6) is 5.75 Å². The SMILES string of the molecule is CCC1(C(=O)Nc2cc(Br)ccc2OC)CCNC1. The first-order valence-electron chi connectivity index (χ1n) is 6.47. The van der Waals surface area contributed by atoms with E-state index in [9.17, 15) is 4.79 Å². The maximum absolute atomic E-state index is 12.5. The molecule has 2 N–H and O–H groups in total. The largest absolute Gasteiger partial charge is 0.495 e. The lowest BCUT2D eigenvalue weighted by Gasteiger charge is -2.25. The Hall–Kier alpha value is -1.07. The molecule has 1 aromatic rings. The fraction of sp³-hybridized carbons (Fsp3) is 0.500. The van der Waals surface area contributed by atoms with Gasteiger partial charge >= 0.3 is 0 Å². The molecule has 0 saturated carbocycles. The van der Waals surface area contributed by atoms with E-state index in [2.05, 4.69) is 33.5 Å². The predicted molar refractivity (Wildman–Crippen MR) is 79.5 cm³/mol. The Morgan fingerprint density at radius 2 is 2.37 bits per heavy atom. The summed E-state index contributed by atoms with van der Waals surface area (Å²) >= 11 is 3.41. The third-order valence-corrected chi connectivity index (χ3v) is 4.31. The molecule has 2 rings (SSSR count). The average molecular weight is 327 g/mol. The molecule has 1 atom stereocenters. The number of carbonyl (C=O) groups is 1. The zero-order valence-corrected chi connectivity index (χ0v) is 12.8. The van der Waals surface area contributed by atoms with Crippen molar-refractivity contribution in [1.82, 2.24) is 5.32 Å².